The lowest BCUT2D eigenvalue weighted by Crippen LogP contribution is -2.08. The summed E-state index contributed by atoms with van der Waals surface area (Å²) < 4.78 is 0. The smallest absolute Gasteiger partial charge is 0.0901 e. The lowest BCUT2D eigenvalue weighted by Gasteiger charge is -2.15. The third kappa shape index (κ3) is 3.40. The minimum atomic E-state index is 0.245. The van der Waals surface area contributed by atoms with Gasteiger partial charge in [-0.2, -0.15) is 0 Å². The van der Waals surface area contributed by atoms with Gasteiger partial charge in [-0.15, -0.1) is 11.3 Å². The van der Waals surface area contributed by atoms with Crippen molar-refractivity contribution in [1.82, 2.24) is 4.98 Å². The van der Waals surface area contributed by atoms with Crippen LogP contribution in [0.3, 0.4) is 0 Å². The second-order valence-electron chi connectivity index (χ2n) is 5.47. The summed E-state index contributed by atoms with van der Waals surface area (Å²) in [5.74, 6) is 0.630. The van der Waals surface area contributed by atoms with Crippen molar-refractivity contribution in [2.24, 2.45) is 0 Å². The van der Waals surface area contributed by atoms with Gasteiger partial charge in [-0.1, -0.05) is 26.0 Å². The zero-order valence-electron chi connectivity index (χ0n) is 13.0. The van der Waals surface area contributed by atoms with Gasteiger partial charge in [-0.05, 0) is 50.8 Å². The van der Waals surface area contributed by atoms with Crippen molar-refractivity contribution in [3.05, 3.63) is 45.4 Å². The number of rotatable bonds is 5. The summed E-state index contributed by atoms with van der Waals surface area (Å²) in [5, 5.41) is 4.68. The van der Waals surface area contributed by atoms with Crippen LogP contribution in [0.1, 0.15) is 60.3 Å². The van der Waals surface area contributed by atoms with Crippen molar-refractivity contribution in [1.29, 1.82) is 0 Å². The molecule has 2 unspecified atom stereocenters. The molecule has 2 atom stereocenters. The third-order valence-corrected chi connectivity index (χ3v) is 4.73. The molecule has 0 fully saturated rings. The van der Waals surface area contributed by atoms with E-state index in [1.165, 1.54) is 22.6 Å². The molecule has 0 spiro atoms. The number of thiazole rings is 1. The van der Waals surface area contributed by atoms with E-state index in [0.717, 1.165) is 10.7 Å². The fourth-order valence-electron chi connectivity index (χ4n) is 2.41. The topological polar surface area (TPSA) is 24.9 Å². The number of benzene rings is 1. The van der Waals surface area contributed by atoms with Gasteiger partial charge in [0.15, 0.2) is 0 Å². The van der Waals surface area contributed by atoms with E-state index in [2.05, 4.69) is 69.2 Å². The summed E-state index contributed by atoms with van der Waals surface area (Å²) in [5.41, 5.74) is 3.74. The monoisotopic (exact) mass is 288 g/mol. The lowest BCUT2D eigenvalue weighted by molar-refractivity contribution is 0.733. The van der Waals surface area contributed by atoms with E-state index in [9.17, 15) is 0 Å². The average Bonchev–Trinajstić information content (AvgIpc) is 2.78. The largest absolute Gasteiger partial charge is 0.377 e. The Morgan fingerprint density at radius 1 is 1.15 bits per heavy atom. The van der Waals surface area contributed by atoms with Gasteiger partial charge in [0, 0.05) is 10.6 Å². The van der Waals surface area contributed by atoms with Gasteiger partial charge in [0.05, 0.1) is 16.7 Å². The Bertz CT molecular complexity index is 557. The fourth-order valence-corrected chi connectivity index (χ4v) is 3.32. The molecule has 108 valence electrons. The highest BCUT2D eigenvalue weighted by molar-refractivity contribution is 7.11. The van der Waals surface area contributed by atoms with E-state index in [-0.39, 0.29) is 6.04 Å². The predicted octanol–water partition coefficient (Wildman–Crippen LogP) is 5.45. The number of aryl methyl sites for hydroxylation is 2. The van der Waals surface area contributed by atoms with E-state index in [0.29, 0.717) is 5.92 Å². The van der Waals surface area contributed by atoms with Gasteiger partial charge >= 0.3 is 0 Å². The molecule has 1 aromatic carbocycles. The summed E-state index contributed by atoms with van der Waals surface area (Å²) >= 11 is 1.77. The maximum absolute atomic E-state index is 4.62. The van der Waals surface area contributed by atoms with Crippen LogP contribution >= 0.6 is 11.3 Å². The lowest BCUT2D eigenvalue weighted by atomic mass is 9.98. The summed E-state index contributed by atoms with van der Waals surface area (Å²) in [4.78, 5) is 5.93. The molecular formula is C17H24N2S. The predicted molar refractivity (Wildman–Crippen MR) is 88.8 cm³/mol. The van der Waals surface area contributed by atoms with Crippen molar-refractivity contribution in [2.45, 2.75) is 53.0 Å². The number of nitrogens with one attached hydrogen (secondary N) is 1. The van der Waals surface area contributed by atoms with Gasteiger partial charge in [0.25, 0.3) is 0 Å². The molecular weight excluding hydrogens is 264 g/mol. The van der Waals surface area contributed by atoms with Crippen LogP contribution in [0, 0.1) is 13.8 Å². The van der Waals surface area contributed by atoms with E-state index in [4.69, 9.17) is 0 Å². The molecule has 1 aromatic heterocycles. The van der Waals surface area contributed by atoms with E-state index in [1.807, 2.05) is 0 Å². The summed E-state index contributed by atoms with van der Waals surface area (Å²) in [6.07, 6.45) is 1.18. The summed E-state index contributed by atoms with van der Waals surface area (Å²) in [6.45, 7) is 10.9. The standard InChI is InChI=1S/C17H24N2S/c1-6-11(2)15-7-9-16(10-8-15)18-12(3)17-13(4)20-14(5)19-17/h7-12,18H,6H2,1-5H3. The number of anilines is 1. The molecule has 0 amide bonds. The summed E-state index contributed by atoms with van der Waals surface area (Å²) in [6, 6.07) is 9.04. The van der Waals surface area contributed by atoms with Gasteiger partial charge in [-0.3, -0.25) is 0 Å². The number of aromatic nitrogens is 1. The Morgan fingerprint density at radius 3 is 2.30 bits per heavy atom. The van der Waals surface area contributed by atoms with Crippen molar-refractivity contribution in [3.63, 3.8) is 0 Å². The van der Waals surface area contributed by atoms with Gasteiger partial charge in [-0.25, -0.2) is 4.98 Å². The number of hydrogen-bond acceptors (Lipinski definition) is 3. The zero-order chi connectivity index (χ0) is 14.7. The first kappa shape index (κ1) is 15.0. The quantitative estimate of drug-likeness (QED) is 0.791. The minimum Gasteiger partial charge on any atom is -0.377 e. The molecule has 0 aliphatic heterocycles. The van der Waals surface area contributed by atoms with Crippen molar-refractivity contribution >= 4 is 17.0 Å². The van der Waals surface area contributed by atoms with Crippen molar-refractivity contribution < 1.29 is 0 Å². The molecule has 20 heavy (non-hydrogen) atoms. The normalized spacial score (nSPS) is 14.1. The molecule has 0 saturated carbocycles. The maximum Gasteiger partial charge on any atom is 0.0901 e. The molecule has 1 N–H and O–H groups in total. The average molecular weight is 288 g/mol. The third-order valence-electron chi connectivity index (χ3n) is 3.82. The van der Waals surface area contributed by atoms with E-state index < -0.39 is 0 Å². The van der Waals surface area contributed by atoms with Gasteiger partial charge in [0.1, 0.15) is 0 Å². The molecule has 2 rings (SSSR count). The van der Waals surface area contributed by atoms with Gasteiger partial charge < -0.3 is 5.32 Å². The van der Waals surface area contributed by atoms with Crippen LogP contribution in [0.5, 0.6) is 0 Å². The SMILES string of the molecule is CCC(C)c1ccc(NC(C)c2nc(C)sc2C)cc1. The van der Waals surface area contributed by atoms with Crippen molar-refractivity contribution in [3.8, 4) is 0 Å². The minimum absolute atomic E-state index is 0.245. The Labute approximate surface area is 126 Å². The molecule has 1 heterocycles. The molecule has 2 aromatic rings. The fraction of sp³-hybridized carbons (Fsp3) is 0.471. The Morgan fingerprint density at radius 2 is 1.80 bits per heavy atom. The molecule has 0 aliphatic rings. The molecule has 0 bridgehead atoms. The van der Waals surface area contributed by atoms with E-state index >= 15 is 0 Å². The number of hydrogen-bond donors (Lipinski definition) is 1. The highest BCUT2D eigenvalue weighted by Crippen LogP contribution is 2.26. The maximum atomic E-state index is 4.62. The highest BCUT2D eigenvalue weighted by atomic mass is 32.1. The second-order valence-corrected chi connectivity index (χ2v) is 6.88. The first-order valence-corrected chi connectivity index (χ1v) is 8.13. The van der Waals surface area contributed by atoms with Crippen molar-refractivity contribution in [2.75, 3.05) is 5.32 Å². The van der Waals surface area contributed by atoms with Crippen LogP contribution in [0.4, 0.5) is 5.69 Å². The molecule has 3 heteroatoms. The zero-order valence-corrected chi connectivity index (χ0v) is 13.8. The highest BCUT2D eigenvalue weighted by Gasteiger charge is 2.13. The van der Waals surface area contributed by atoms with Crippen LogP contribution < -0.4 is 5.32 Å². The van der Waals surface area contributed by atoms with Crippen LogP contribution in [-0.4, -0.2) is 4.98 Å². The molecule has 0 aliphatic carbocycles. The first-order chi connectivity index (χ1) is 9.51. The molecule has 0 radical (unpaired) electrons. The summed E-state index contributed by atoms with van der Waals surface area (Å²) in [7, 11) is 0. The molecule has 0 saturated heterocycles. The Kier molecular flexibility index (Phi) is 4.81. The molecule has 2 nitrogen and oxygen atoms in total. The van der Waals surface area contributed by atoms with Crippen LogP contribution in [-0.2, 0) is 0 Å². The van der Waals surface area contributed by atoms with Crippen LogP contribution in [0.2, 0.25) is 0 Å². The van der Waals surface area contributed by atoms with Crippen LogP contribution in [0.15, 0.2) is 24.3 Å². The second kappa shape index (κ2) is 6.40. The Balaban J connectivity index is 2.08. The van der Waals surface area contributed by atoms with Gasteiger partial charge in [0.2, 0.25) is 0 Å². The Hall–Kier alpha value is -1.35. The van der Waals surface area contributed by atoms with Crippen LogP contribution in [0.25, 0.3) is 0 Å². The first-order valence-electron chi connectivity index (χ1n) is 7.31. The van der Waals surface area contributed by atoms with E-state index in [1.54, 1.807) is 11.3 Å². The number of nitrogens with zero attached hydrogens (tertiary/aromatic N) is 1.